The molecule has 2 rings (SSSR count). The summed E-state index contributed by atoms with van der Waals surface area (Å²) in [4.78, 5) is 40.4. The number of piperazine rings is 1. The van der Waals surface area contributed by atoms with E-state index in [0.717, 1.165) is 25.7 Å². The topological polar surface area (TPSA) is 81.8 Å². The van der Waals surface area contributed by atoms with E-state index in [1.807, 2.05) is 23.6 Å². The Kier molecular flexibility index (Phi) is 7.23. The van der Waals surface area contributed by atoms with Gasteiger partial charge in [-0.15, -0.1) is 0 Å². The summed E-state index contributed by atoms with van der Waals surface area (Å²) in [7, 11) is 0. The average molecular weight is 352 g/mol. The molecule has 1 atom stereocenters. The van der Waals surface area contributed by atoms with Crippen LogP contribution in [-0.4, -0.2) is 65.9 Å². The first-order valence-electron chi connectivity index (χ1n) is 9.52. The van der Waals surface area contributed by atoms with E-state index in [-0.39, 0.29) is 29.8 Å². The molecular formula is C18H32N4O3. The third-order valence-electron chi connectivity index (χ3n) is 5.16. The smallest absolute Gasteiger partial charge is 0.321 e. The summed E-state index contributed by atoms with van der Waals surface area (Å²) in [6, 6.07) is -0.861. The summed E-state index contributed by atoms with van der Waals surface area (Å²) in [5.41, 5.74) is 0. The highest BCUT2D eigenvalue weighted by Gasteiger charge is 2.31. The summed E-state index contributed by atoms with van der Waals surface area (Å²) in [5.74, 6) is 0.179. The number of amides is 4. The van der Waals surface area contributed by atoms with Gasteiger partial charge in [0.2, 0.25) is 11.8 Å². The van der Waals surface area contributed by atoms with Crippen molar-refractivity contribution in [2.75, 3.05) is 26.2 Å². The minimum atomic E-state index is -0.460. The number of rotatable bonds is 4. The lowest BCUT2D eigenvalue weighted by Gasteiger charge is -2.39. The lowest BCUT2D eigenvalue weighted by Crippen LogP contribution is -2.57. The molecule has 142 valence electrons. The lowest BCUT2D eigenvalue weighted by molar-refractivity contribution is -0.139. The van der Waals surface area contributed by atoms with Crippen LogP contribution in [0.1, 0.15) is 52.9 Å². The molecule has 1 aliphatic heterocycles. The molecule has 7 nitrogen and oxygen atoms in total. The van der Waals surface area contributed by atoms with Gasteiger partial charge in [-0.25, -0.2) is 4.79 Å². The number of nitrogens with one attached hydrogen (secondary N) is 2. The fourth-order valence-corrected chi connectivity index (χ4v) is 3.62. The van der Waals surface area contributed by atoms with Crippen LogP contribution in [0.4, 0.5) is 4.79 Å². The molecule has 0 bridgehead atoms. The van der Waals surface area contributed by atoms with Gasteiger partial charge in [0.1, 0.15) is 0 Å². The van der Waals surface area contributed by atoms with E-state index in [9.17, 15) is 14.4 Å². The molecule has 1 saturated heterocycles. The fourth-order valence-electron chi connectivity index (χ4n) is 3.62. The largest absolute Gasteiger partial charge is 0.340 e. The van der Waals surface area contributed by atoms with Crippen LogP contribution < -0.4 is 10.6 Å². The number of imide groups is 1. The van der Waals surface area contributed by atoms with E-state index in [0.29, 0.717) is 26.2 Å². The molecule has 0 radical (unpaired) electrons. The van der Waals surface area contributed by atoms with Gasteiger partial charge in [0.05, 0.1) is 6.04 Å². The first-order chi connectivity index (χ1) is 11.9. The van der Waals surface area contributed by atoms with Crippen molar-refractivity contribution in [3.05, 3.63) is 0 Å². The molecule has 1 unspecified atom stereocenters. The van der Waals surface area contributed by atoms with E-state index in [2.05, 4.69) is 10.6 Å². The van der Waals surface area contributed by atoms with Gasteiger partial charge in [-0.1, -0.05) is 19.3 Å². The summed E-state index contributed by atoms with van der Waals surface area (Å²) in [6.07, 6.45) is 5.60. The molecule has 2 N–H and O–H groups in total. The zero-order valence-corrected chi connectivity index (χ0v) is 15.7. The molecular weight excluding hydrogens is 320 g/mol. The molecule has 4 amide bonds. The number of hydrogen-bond acceptors (Lipinski definition) is 4. The van der Waals surface area contributed by atoms with Gasteiger partial charge < -0.3 is 10.2 Å². The van der Waals surface area contributed by atoms with E-state index in [1.165, 1.54) is 6.42 Å². The monoisotopic (exact) mass is 352 g/mol. The average Bonchev–Trinajstić information content (AvgIpc) is 2.60. The van der Waals surface area contributed by atoms with E-state index in [4.69, 9.17) is 0 Å². The van der Waals surface area contributed by atoms with Crippen LogP contribution in [-0.2, 0) is 9.59 Å². The van der Waals surface area contributed by atoms with E-state index < -0.39 is 6.03 Å². The molecule has 7 heteroatoms. The van der Waals surface area contributed by atoms with Crippen LogP contribution in [0.15, 0.2) is 0 Å². The van der Waals surface area contributed by atoms with Crippen molar-refractivity contribution >= 4 is 17.8 Å². The molecule has 1 heterocycles. The Balaban J connectivity index is 1.77. The first kappa shape index (κ1) is 19.7. The predicted octanol–water partition coefficient (Wildman–Crippen LogP) is 1.33. The van der Waals surface area contributed by atoms with Crippen molar-refractivity contribution in [3.8, 4) is 0 Å². The minimum Gasteiger partial charge on any atom is -0.340 e. The Hall–Kier alpha value is -1.63. The molecule has 1 saturated carbocycles. The Morgan fingerprint density at radius 2 is 1.52 bits per heavy atom. The second kappa shape index (κ2) is 9.17. The Morgan fingerprint density at radius 3 is 2.08 bits per heavy atom. The fraction of sp³-hybridized carbons (Fsp3) is 0.833. The van der Waals surface area contributed by atoms with Gasteiger partial charge in [-0.2, -0.15) is 0 Å². The highest BCUT2D eigenvalue weighted by atomic mass is 16.2. The summed E-state index contributed by atoms with van der Waals surface area (Å²) >= 11 is 0. The second-order valence-electron chi connectivity index (χ2n) is 7.49. The maximum absolute atomic E-state index is 12.6. The van der Waals surface area contributed by atoms with Crippen LogP contribution in [0.3, 0.4) is 0 Å². The molecule has 0 aromatic heterocycles. The number of hydrogen-bond donors (Lipinski definition) is 2. The van der Waals surface area contributed by atoms with Gasteiger partial charge in [0.25, 0.3) is 0 Å². The normalized spacial score (nSPS) is 21.0. The van der Waals surface area contributed by atoms with Crippen LogP contribution in [0.25, 0.3) is 0 Å². The highest BCUT2D eigenvalue weighted by molar-refractivity contribution is 5.96. The van der Waals surface area contributed by atoms with Crippen LogP contribution in [0, 0.1) is 5.92 Å². The highest BCUT2D eigenvalue weighted by Crippen LogP contribution is 2.25. The molecule has 0 aromatic rings. The van der Waals surface area contributed by atoms with E-state index in [1.54, 1.807) is 6.92 Å². The van der Waals surface area contributed by atoms with Crippen molar-refractivity contribution in [1.82, 2.24) is 20.4 Å². The van der Waals surface area contributed by atoms with Gasteiger partial charge in [0.15, 0.2) is 0 Å². The van der Waals surface area contributed by atoms with Gasteiger partial charge >= 0.3 is 6.03 Å². The van der Waals surface area contributed by atoms with Crippen molar-refractivity contribution in [2.45, 2.75) is 65.0 Å². The van der Waals surface area contributed by atoms with Crippen LogP contribution >= 0.6 is 0 Å². The molecule has 1 aliphatic carbocycles. The maximum atomic E-state index is 12.6. The Morgan fingerprint density at radius 1 is 0.920 bits per heavy atom. The molecule has 2 fully saturated rings. The zero-order chi connectivity index (χ0) is 18.4. The third-order valence-corrected chi connectivity index (χ3v) is 5.16. The quantitative estimate of drug-likeness (QED) is 0.800. The molecule has 0 aromatic carbocycles. The van der Waals surface area contributed by atoms with Crippen LogP contribution in [0.2, 0.25) is 0 Å². The number of carbonyl (C=O) groups excluding carboxylic acids is 3. The molecule has 2 aliphatic rings. The molecule has 25 heavy (non-hydrogen) atoms. The first-order valence-corrected chi connectivity index (χ1v) is 9.52. The van der Waals surface area contributed by atoms with Crippen LogP contribution in [0.5, 0.6) is 0 Å². The standard InChI is InChI=1S/C18H32N4O3/c1-13(2)19-18(25)20-16(23)14(3)21-9-11-22(12-10-21)17(24)15-7-5-4-6-8-15/h13-15H,4-12H2,1-3H3,(H2,19,20,23,25). The number of carbonyl (C=O) groups is 3. The van der Waals surface area contributed by atoms with Gasteiger partial charge in [-0.3, -0.25) is 19.8 Å². The van der Waals surface area contributed by atoms with Crippen molar-refractivity contribution < 1.29 is 14.4 Å². The summed E-state index contributed by atoms with van der Waals surface area (Å²) < 4.78 is 0. The van der Waals surface area contributed by atoms with E-state index >= 15 is 0 Å². The predicted molar refractivity (Wildman–Crippen MR) is 96.0 cm³/mol. The maximum Gasteiger partial charge on any atom is 0.321 e. The van der Waals surface area contributed by atoms with Gasteiger partial charge in [-0.05, 0) is 33.6 Å². The Labute approximate surface area is 150 Å². The van der Waals surface area contributed by atoms with Crippen molar-refractivity contribution in [3.63, 3.8) is 0 Å². The van der Waals surface area contributed by atoms with Gasteiger partial charge in [0, 0.05) is 38.1 Å². The van der Waals surface area contributed by atoms with Crippen molar-refractivity contribution in [1.29, 1.82) is 0 Å². The second-order valence-corrected chi connectivity index (χ2v) is 7.49. The number of urea groups is 1. The SMILES string of the molecule is CC(C)NC(=O)NC(=O)C(C)N1CCN(C(=O)C2CCCCC2)CC1. The number of nitrogens with zero attached hydrogens (tertiary/aromatic N) is 2. The molecule has 0 spiro atoms. The third kappa shape index (κ3) is 5.70. The summed E-state index contributed by atoms with van der Waals surface area (Å²) in [6.45, 7) is 8.14. The zero-order valence-electron chi connectivity index (χ0n) is 15.7. The van der Waals surface area contributed by atoms with Crippen molar-refractivity contribution in [2.24, 2.45) is 5.92 Å². The minimum absolute atomic E-state index is 0.0162. The lowest BCUT2D eigenvalue weighted by atomic mass is 9.88. The summed E-state index contributed by atoms with van der Waals surface area (Å²) in [5, 5.41) is 5.03. The Bertz CT molecular complexity index is 481.